The highest BCUT2D eigenvalue weighted by molar-refractivity contribution is 9.10. The van der Waals surface area contributed by atoms with Crippen molar-refractivity contribution in [3.8, 4) is 0 Å². The summed E-state index contributed by atoms with van der Waals surface area (Å²) in [7, 11) is 5.41. The standard InChI is InChI=1S/C7H9N.C6H4BBr/c1-6-3-7(2)5-8-4-6;7-5-1-3-6(8)4-2-5/h3-5H,1-2H3;1-4H. The van der Waals surface area contributed by atoms with Crippen LogP contribution in [0.2, 0.25) is 0 Å². The Balaban J connectivity index is 0.000000160. The zero-order valence-corrected chi connectivity index (χ0v) is 11.0. The maximum atomic E-state index is 5.41. The molecule has 2 radical (unpaired) electrons. The van der Waals surface area contributed by atoms with Gasteiger partial charge in [0.2, 0.25) is 0 Å². The van der Waals surface area contributed by atoms with Crippen molar-refractivity contribution in [2.24, 2.45) is 0 Å². The number of nitrogens with zero attached hydrogens (tertiary/aromatic N) is 1. The molecule has 0 aliphatic heterocycles. The molecule has 0 bridgehead atoms. The van der Waals surface area contributed by atoms with E-state index in [1.54, 1.807) is 0 Å². The molecule has 0 spiro atoms. The predicted molar refractivity (Wildman–Crippen MR) is 73.2 cm³/mol. The maximum Gasteiger partial charge on any atom is 0.113 e. The zero-order chi connectivity index (χ0) is 12.0. The van der Waals surface area contributed by atoms with Gasteiger partial charge in [-0.25, -0.2) is 0 Å². The van der Waals surface area contributed by atoms with Crippen molar-refractivity contribution in [1.29, 1.82) is 0 Å². The van der Waals surface area contributed by atoms with Gasteiger partial charge in [0, 0.05) is 16.9 Å². The lowest BCUT2D eigenvalue weighted by Crippen LogP contribution is -1.97. The molecule has 16 heavy (non-hydrogen) atoms. The van der Waals surface area contributed by atoms with Crippen LogP contribution in [0.1, 0.15) is 11.1 Å². The van der Waals surface area contributed by atoms with Gasteiger partial charge in [0.15, 0.2) is 0 Å². The molecule has 1 nitrogen and oxygen atoms in total. The first-order valence-electron chi connectivity index (χ1n) is 4.97. The van der Waals surface area contributed by atoms with Crippen molar-refractivity contribution in [2.45, 2.75) is 13.8 Å². The van der Waals surface area contributed by atoms with Crippen LogP contribution in [0.25, 0.3) is 0 Å². The largest absolute Gasteiger partial charge is 0.264 e. The average molecular weight is 274 g/mol. The van der Waals surface area contributed by atoms with Crippen LogP contribution in [0.3, 0.4) is 0 Å². The first-order chi connectivity index (χ1) is 7.58. The van der Waals surface area contributed by atoms with E-state index in [1.165, 1.54) is 11.1 Å². The first-order valence-corrected chi connectivity index (χ1v) is 5.76. The second-order valence-corrected chi connectivity index (χ2v) is 4.51. The third-order valence-corrected chi connectivity index (χ3v) is 2.41. The number of rotatable bonds is 0. The number of aromatic nitrogens is 1. The minimum atomic E-state index is 0.799. The molecule has 3 heteroatoms. The molecule has 0 saturated heterocycles. The Morgan fingerprint density at radius 3 is 1.81 bits per heavy atom. The number of halogens is 1. The number of benzene rings is 1. The van der Waals surface area contributed by atoms with E-state index in [1.807, 2.05) is 50.5 Å². The molecule has 0 saturated carbocycles. The summed E-state index contributed by atoms with van der Waals surface area (Å²) in [5.74, 6) is 0. The SMILES string of the molecule is Cc1cncc(C)c1.[B]c1ccc(Br)cc1. The Bertz CT molecular complexity index is 402. The second kappa shape index (κ2) is 6.49. The van der Waals surface area contributed by atoms with E-state index in [-0.39, 0.29) is 0 Å². The molecule has 0 amide bonds. The van der Waals surface area contributed by atoms with Crippen molar-refractivity contribution in [3.05, 3.63) is 58.3 Å². The van der Waals surface area contributed by atoms with Gasteiger partial charge in [0.1, 0.15) is 7.85 Å². The molecule has 0 fully saturated rings. The molecule has 1 aromatic heterocycles. The van der Waals surface area contributed by atoms with E-state index < -0.39 is 0 Å². The molecule has 1 heterocycles. The van der Waals surface area contributed by atoms with Crippen LogP contribution < -0.4 is 5.46 Å². The third kappa shape index (κ3) is 5.12. The summed E-state index contributed by atoms with van der Waals surface area (Å²) in [5.41, 5.74) is 3.25. The van der Waals surface area contributed by atoms with Crippen molar-refractivity contribution < 1.29 is 0 Å². The topological polar surface area (TPSA) is 12.9 Å². The van der Waals surface area contributed by atoms with Gasteiger partial charge in [0.05, 0.1) is 0 Å². The van der Waals surface area contributed by atoms with Gasteiger partial charge in [-0.3, -0.25) is 4.98 Å². The minimum absolute atomic E-state index is 0.799. The summed E-state index contributed by atoms with van der Waals surface area (Å²) in [5, 5.41) is 0. The normalized spacial score (nSPS) is 9.19. The molecule has 1 aromatic carbocycles. The highest BCUT2D eigenvalue weighted by Crippen LogP contribution is 2.04. The number of hydrogen-bond donors (Lipinski definition) is 0. The lowest BCUT2D eigenvalue weighted by molar-refractivity contribution is 1.22. The lowest BCUT2D eigenvalue weighted by atomic mass is 9.97. The summed E-state index contributed by atoms with van der Waals surface area (Å²) in [6, 6.07) is 9.63. The average Bonchev–Trinajstić information content (AvgIpc) is 2.23. The van der Waals surface area contributed by atoms with E-state index in [0.717, 1.165) is 9.94 Å². The van der Waals surface area contributed by atoms with E-state index in [0.29, 0.717) is 0 Å². The van der Waals surface area contributed by atoms with Crippen LogP contribution in [0.4, 0.5) is 0 Å². The fraction of sp³-hybridized carbons (Fsp3) is 0.154. The molecule has 0 atom stereocenters. The first kappa shape index (κ1) is 13.0. The molecule has 0 aliphatic rings. The Kier molecular flexibility index (Phi) is 5.26. The summed E-state index contributed by atoms with van der Waals surface area (Å²) >= 11 is 3.29. The van der Waals surface area contributed by atoms with Gasteiger partial charge in [-0.2, -0.15) is 0 Å². The van der Waals surface area contributed by atoms with Crippen molar-refractivity contribution in [2.75, 3.05) is 0 Å². The molecule has 0 N–H and O–H groups in total. The zero-order valence-electron chi connectivity index (χ0n) is 9.44. The Morgan fingerprint density at radius 2 is 1.50 bits per heavy atom. The highest BCUT2D eigenvalue weighted by atomic mass is 79.9. The quantitative estimate of drug-likeness (QED) is 0.673. The fourth-order valence-corrected chi connectivity index (χ4v) is 1.43. The number of aryl methyl sites for hydroxylation is 2. The Labute approximate surface area is 106 Å². The van der Waals surface area contributed by atoms with Crippen LogP contribution >= 0.6 is 15.9 Å². The van der Waals surface area contributed by atoms with Crippen LogP contribution in [0, 0.1) is 13.8 Å². The van der Waals surface area contributed by atoms with Gasteiger partial charge < -0.3 is 0 Å². The summed E-state index contributed by atoms with van der Waals surface area (Å²) < 4.78 is 1.06. The predicted octanol–water partition coefficient (Wildman–Crippen LogP) is 2.94. The van der Waals surface area contributed by atoms with Gasteiger partial charge >= 0.3 is 0 Å². The molecule has 2 rings (SSSR count). The van der Waals surface area contributed by atoms with Crippen molar-refractivity contribution in [3.63, 3.8) is 0 Å². The van der Waals surface area contributed by atoms with Gasteiger partial charge in [-0.05, 0) is 37.1 Å². The molecular weight excluding hydrogens is 261 g/mol. The summed E-state index contributed by atoms with van der Waals surface area (Å²) in [6.45, 7) is 4.08. The van der Waals surface area contributed by atoms with Crippen molar-refractivity contribution >= 4 is 29.2 Å². The Hall–Kier alpha value is -1.09. The third-order valence-electron chi connectivity index (χ3n) is 1.88. The number of pyridine rings is 1. The monoisotopic (exact) mass is 273 g/mol. The van der Waals surface area contributed by atoms with Crippen LogP contribution in [-0.4, -0.2) is 12.8 Å². The Morgan fingerprint density at radius 1 is 1.00 bits per heavy atom. The van der Waals surface area contributed by atoms with E-state index >= 15 is 0 Å². The molecule has 0 unspecified atom stereocenters. The molecular formula is C13H13BBrN. The fourth-order valence-electron chi connectivity index (χ4n) is 1.17. The molecule has 2 aromatic rings. The van der Waals surface area contributed by atoms with Gasteiger partial charge in [0.25, 0.3) is 0 Å². The number of hydrogen-bond acceptors (Lipinski definition) is 1. The lowest BCUT2D eigenvalue weighted by Gasteiger charge is -1.89. The van der Waals surface area contributed by atoms with E-state index in [9.17, 15) is 0 Å². The second-order valence-electron chi connectivity index (χ2n) is 3.59. The minimum Gasteiger partial charge on any atom is -0.264 e. The van der Waals surface area contributed by atoms with Crippen LogP contribution in [0.15, 0.2) is 47.2 Å². The van der Waals surface area contributed by atoms with Crippen LogP contribution in [0.5, 0.6) is 0 Å². The van der Waals surface area contributed by atoms with Gasteiger partial charge in [-0.15, -0.1) is 0 Å². The van der Waals surface area contributed by atoms with Crippen LogP contribution in [-0.2, 0) is 0 Å². The summed E-state index contributed by atoms with van der Waals surface area (Å²) in [6.07, 6.45) is 3.71. The maximum absolute atomic E-state index is 5.41. The molecule has 0 aliphatic carbocycles. The summed E-state index contributed by atoms with van der Waals surface area (Å²) in [4.78, 5) is 3.98. The van der Waals surface area contributed by atoms with Crippen molar-refractivity contribution in [1.82, 2.24) is 4.98 Å². The van der Waals surface area contributed by atoms with Gasteiger partial charge in [-0.1, -0.05) is 39.6 Å². The highest BCUT2D eigenvalue weighted by Gasteiger charge is 1.82. The van der Waals surface area contributed by atoms with E-state index in [2.05, 4.69) is 27.0 Å². The van der Waals surface area contributed by atoms with E-state index in [4.69, 9.17) is 7.85 Å². The molecule has 80 valence electrons. The smallest absolute Gasteiger partial charge is 0.113 e.